The van der Waals surface area contributed by atoms with Gasteiger partial charge < -0.3 is 9.64 Å². The standard InChI is InChI=1S/C17H21ClN4O/c1-12-13(2)20-11-21-17(12)23-10-14-4-7-22(8-5-14)16-3-6-19-9-15(16)18/h3,6,9,11,14H,4-5,7-8,10H2,1-2H3. The Hall–Kier alpha value is -1.88. The molecule has 0 aliphatic carbocycles. The summed E-state index contributed by atoms with van der Waals surface area (Å²) in [6.45, 7) is 6.65. The van der Waals surface area contributed by atoms with Gasteiger partial charge in [-0.3, -0.25) is 4.98 Å². The van der Waals surface area contributed by atoms with Crippen molar-refractivity contribution in [2.75, 3.05) is 24.6 Å². The fourth-order valence-corrected chi connectivity index (χ4v) is 3.06. The van der Waals surface area contributed by atoms with Crippen LogP contribution in [0.25, 0.3) is 0 Å². The highest BCUT2D eigenvalue weighted by Gasteiger charge is 2.21. The van der Waals surface area contributed by atoms with E-state index in [1.807, 2.05) is 19.9 Å². The Morgan fingerprint density at radius 2 is 2.04 bits per heavy atom. The summed E-state index contributed by atoms with van der Waals surface area (Å²) < 4.78 is 5.92. The first kappa shape index (κ1) is 16.0. The summed E-state index contributed by atoms with van der Waals surface area (Å²) in [5, 5.41) is 0.717. The quantitative estimate of drug-likeness (QED) is 0.858. The van der Waals surface area contributed by atoms with E-state index in [-0.39, 0.29) is 0 Å². The van der Waals surface area contributed by atoms with Gasteiger partial charge in [0.1, 0.15) is 6.33 Å². The Kier molecular flexibility index (Phi) is 4.96. The minimum absolute atomic E-state index is 0.543. The van der Waals surface area contributed by atoms with Gasteiger partial charge in [-0.05, 0) is 38.7 Å². The molecular formula is C17H21ClN4O. The lowest BCUT2D eigenvalue weighted by atomic mass is 9.97. The fourth-order valence-electron chi connectivity index (χ4n) is 2.82. The number of aromatic nitrogens is 3. The van der Waals surface area contributed by atoms with Crippen LogP contribution in [-0.2, 0) is 0 Å². The third-order valence-electron chi connectivity index (χ3n) is 4.45. The van der Waals surface area contributed by atoms with Gasteiger partial charge in [0.25, 0.3) is 0 Å². The Balaban J connectivity index is 1.54. The van der Waals surface area contributed by atoms with Crippen LogP contribution in [0.1, 0.15) is 24.1 Å². The number of pyridine rings is 1. The van der Waals surface area contributed by atoms with Crippen molar-refractivity contribution in [2.24, 2.45) is 5.92 Å². The lowest BCUT2D eigenvalue weighted by molar-refractivity contribution is 0.214. The molecule has 0 unspecified atom stereocenters. The lowest BCUT2D eigenvalue weighted by Gasteiger charge is -2.33. The highest BCUT2D eigenvalue weighted by molar-refractivity contribution is 6.33. The summed E-state index contributed by atoms with van der Waals surface area (Å²) >= 11 is 6.22. The zero-order valence-corrected chi connectivity index (χ0v) is 14.3. The van der Waals surface area contributed by atoms with Crippen LogP contribution in [-0.4, -0.2) is 34.6 Å². The second-order valence-electron chi connectivity index (χ2n) is 5.96. The van der Waals surface area contributed by atoms with Gasteiger partial charge in [-0.25, -0.2) is 9.97 Å². The number of ether oxygens (including phenoxy) is 1. The van der Waals surface area contributed by atoms with Gasteiger partial charge in [-0.1, -0.05) is 11.6 Å². The Morgan fingerprint density at radius 3 is 2.78 bits per heavy atom. The average molecular weight is 333 g/mol. The van der Waals surface area contributed by atoms with E-state index in [0.29, 0.717) is 23.4 Å². The molecule has 2 aromatic heterocycles. The molecule has 0 amide bonds. The van der Waals surface area contributed by atoms with Gasteiger partial charge in [0.2, 0.25) is 5.88 Å². The van der Waals surface area contributed by atoms with E-state index in [1.54, 1.807) is 18.7 Å². The molecule has 1 saturated heterocycles. The normalized spacial score (nSPS) is 15.7. The third kappa shape index (κ3) is 3.72. The van der Waals surface area contributed by atoms with Gasteiger partial charge in [0, 0.05) is 36.7 Å². The number of hydrogen-bond donors (Lipinski definition) is 0. The number of halogens is 1. The van der Waals surface area contributed by atoms with E-state index in [4.69, 9.17) is 16.3 Å². The predicted molar refractivity (Wildman–Crippen MR) is 91.2 cm³/mol. The van der Waals surface area contributed by atoms with Gasteiger partial charge in [0.05, 0.1) is 17.3 Å². The molecule has 3 heterocycles. The molecule has 0 spiro atoms. The number of anilines is 1. The topological polar surface area (TPSA) is 51.1 Å². The van der Waals surface area contributed by atoms with E-state index in [1.165, 1.54) is 0 Å². The van der Waals surface area contributed by atoms with Crippen LogP contribution in [0.15, 0.2) is 24.8 Å². The monoisotopic (exact) mass is 332 g/mol. The van der Waals surface area contributed by atoms with Crippen LogP contribution < -0.4 is 9.64 Å². The first-order valence-corrected chi connectivity index (χ1v) is 8.28. The highest BCUT2D eigenvalue weighted by Crippen LogP contribution is 2.29. The average Bonchev–Trinajstić information content (AvgIpc) is 2.57. The largest absolute Gasteiger partial charge is 0.477 e. The summed E-state index contributed by atoms with van der Waals surface area (Å²) in [7, 11) is 0. The highest BCUT2D eigenvalue weighted by atomic mass is 35.5. The second-order valence-corrected chi connectivity index (χ2v) is 6.36. The first-order valence-electron chi connectivity index (χ1n) is 7.90. The van der Waals surface area contributed by atoms with Crippen molar-refractivity contribution >= 4 is 17.3 Å². The van der Waals surface area contributed by atoms with Crippen molar-refractivity contribution in [2.45, 2.75) is 26.7 Å². The van der Waals surface area contributed by atoms with Gasteiger partial charge >= 0.3 is 0 Å². The number of piperidine rings is 1. The first-order chi connectivity index (χ1) is 11.1. The number of aryl methyl sites for hydroxylation is 1. The van der Waals surface area contributed by atoms with Crippen molar-refractivity contribution in [1.29, 1.82) is 0 Å². The molecule has 0 aromatic carbocycles. The Bertz CT molecular complexity index is 671. The van der Waals surface area contributed by atoms with Crippen molar-refractivity contribution in [3.05, 3.63) is 41.1 Å². The Labute approximate surface area is 141 Å². The predicted octanol–water partition coefficient (Wildman–Crippen LogP) is 3.44. The molecule has 6 heteroatoms. The molecule has 0 saturated carbocycles. The van der Waals surface area contributed by atoms with Crippen LogP contribution in [0.4, 0.5) is 5.69 Å². The van der Waals surface area contributed by atoms with Crippen LogP contribution in [0.3, 0.4) is 0 Å². The van der Waals surface area contributed by atoms with Gasteiger partial charge in [-0.15, -0.1) is 0 Å². The molecule has 2 aromatic rings. The summed E-state index contributed by atoms with van der Waals surface area (Å²) in [6.07, 6.45) is 7.22. The number of nitrogens with zero attached hydrogens (tertiary/aromatic N) is 4. The molecule has 0 bridgehead atoms. The van der Waals surface area contributed by atoms with E-state index < -0.39 is 0 Å². The van der Waals surface area contributed by atoms with Crippen molar-refractivity contribution in [3.63, 3.8) is 0 Å². The van der Waals surface area contributed by atoms with Gasteiger partial charge in [-0.2, -0.15) is 0 Å². The van der Waals surface area contributed by atoms with Crippen molar-refractivity contribution in [3.8, 4) is 5.88 Å². The SMILES string of the molecule is Cc1ncnc(OCC2CCN(c3ccncc3Cl)CC2)c1C. The molecule has 0 N–H and O–H groups in total. The molecule has 3 rings (SSSR count). The fraction of sp³-hybridized carbons (Fsp3) is 0.471. The molecule has 1 fully saturated rings. The van der Waals surface area contributed by atoms with E-state index in [9.17, 15) is 0 Å². The minimum Gasteiger partial charge on any atom is -0.477 e. The van der Waals surface area contributed by atoms with Crippen LogP contribution >= 0.6 is 11.6 Å². The summed E-state index contributed by atoms with van der Waals surface area (Å²) in [6, 6.07) is 1.98. The molecule has 5 nitrogen and oxygen atoms in total. The van der Waals surface area contributed by atoms with Crippen molar-refractivity contribution < 1.29 is 4.74 Å². The lowest BCUT2D eigenvalue weighted by Crippen LogP contribution is -2.35. The maximum absolute atomic E-state index is 6.22. The Morgan fingerprint density at radius 1 is 1.26 bits per heavy atom. The minimum atomic E-state index is 0.543. The van der Waals surface area contributed by atoms with E-state index in [2.05, 4.69) is 19.9 Å². The zero-order chi connectivity index (χ0) is 16.2. The summed E-state index contributed by atoms with van der Waals surface area (Å²) in [4.78, 5) is 14.8. The number of hydrogen-bond acceptors (Lipinski definition) is 5. The van der Waals surface area contributed by atoms with E-state index >= 15 is 0 Å². The second kappa shape index (κ2) is 7.13. The maximum atomic E-state index is 6.22. The summed E-state index contributed by atoms with van der Waals surface area (Å²) in [5.74, 6) is 1.25. The molecular weight excluding hydrogens is 312 g/mol. The summed E-state index contributed by atoms with van der Waals surface area (Å²) in [5.41, 5.74) is 3.06. The molecule has 23 heavy (non-hydrogen) atoms. The molecule has 1 aliphatic heterocycles. The molecule has 0 radical (unpaired) electrons. The van der Waals surface area contributed by atoms with Crippen LogP contribution in [0.2, 0.25) is 5.02 Å². The zero-order valence-electron chi connectivity index (χ0n) is 13.5. The maximum Gasteiger partial charge on any atom is 0.219 e. The van der Waals surface area contributed by atoms with E-state index in [0.717, 1.165) is 42.9 Å². The molecule has 122 valence electrons. The molecule has 1 aliphatic rings. The van der Waals surface area contributed by atoms with Gasteiger partial charge in [0.15, 0.2) is 0 Å². The van der Waals surface area contributed by atoms with Crippen LogP contribution in [0.5, 0.6) is 5.88 Å². The van der Waals surface area contributed by atoms with Crippen LogP contribution in [0, 0.1) is 19.8 Å². The molecule has 0 atom stereocenters. The smallest absolute Gasteiger partial charge is 0.219 e. The number of rotatable bonds is 4. The third-order valence-corrected chi connectivity index (χ3v) is 4.74. The van der Waals surface area contributed by atoms with Crippen molar-refractivity contribution in [1.82, 2.24) is 15.0 Å².